The molecule has 1 aliphatic rings. The van der Waals surface area contributed by atoms with Gasteiger partial charge >= 0.3 is 6.03 Å². The molecule has 2 amide bonds. The van der Waals surface area contributed by atoms with Crippen molar-refractivity contribution in [1.29, 1.82) is 0 Å². The minimum Gasteiger partial charge on any atom is -0.394 e. The van der Waals surface area contributed by atoms with Crippen LogP contribution in [0.25, 0.3) is 0 Å². The first-order valence-electron chi connectivity index (χ1n) is 7.72. The largest absolute Gasteiger partial charge is 0.394 e. The molecule has 1 fully saturated rings. The lowest BCUT2D eigenvalue weighted by atomic mass is 10.1. The summed E-state index contributed by atoms with van der Waals surface area (Å²) in [6, 6.07) is 9.06. The zero-order valence-corrected chi connectivity index (χ0v) is 13.0. The van der Waals surface area contributed by atoms with Gasteiger partial charge in [0.15, 0.2) is 0 Å². The van der Waals surface area contributed by atoms with Gasteiger partial charge < -0.3 is 20.5 Å². The summed E-state index contributed by atoms with van der Waals surface area (Å²) < 4.78 is 5.32. The number of rotatable bonds is 6. The fourth-order valence-corrected chi connectivity index (χ4v) is 2.52. The van der Waals surface area contributed by atoms with Gasteiger partial charge in [0.2, 0.25) is 0 Å². The van der Waals surface area contributed by atoms with Crippen LogP contribution in [0.4, 0.5) is 4.79 Å². The molecule has 6 heteroatoms. The quantitative estimate of drug-likeness (QED) is 0.725. The van der Waals surface area contributed by atoms with Crippen molar-refractivity contribution < 1.29 is 14.6 Å². The number of aliphatic hydroxyl groups is 1. The number of benzene rings is 1. The molecule has 1 aromatic carbocycles. The smallest absolute Gasteiger partial charge is 0.315 e. The molecule has 22 heavy (non-hydrogen) atoms. The number of hydrogen-bond donors (Lipinski definition) is 3. The van der Waals surface area contributed by atoms with Gasteiger partial charge in [0.1, 0.15) is 0 Å². The molecule has 0 aliphatic carbocycles. The van der Waals surface area contributed by atoms with Crippen molar-refractivity contribution in [2.75, 3.05) is 39.5 Å². The molecule has 0 aromatic heterocycles. The summed E-state index contributed by atoms with van der Waals surface area (Å²) >= 11 is 0. The van der Waals surface area contributed by atoms with Gasteiger partial charge in [-0.3, -0.25) is 4.90 Å². The fourth-order valence-electron chi connectivity index (χ4n) is 2.52. The van der Waals surface area contributed by atoms with Crippen LogP contribution in [0, 0.1) is 0 Å². The summed E-state index contributed by atoms with van der Waals surface area (Å²) in [4.78, 5) is 14.3. The van der Waals surface area contributed by atoms with E-state index in [-0.39, 0.29) is 24.7 Å². The Kier molecular flexibility index (Phi) is 6.64. The number of carbonyl (C=O) groups excluding carboxylic acids is 1. The Balaban J connectivity index is 1.76. The normalized spacial score (nSPS) is 18.5. The monoisotopic (exact) mass is 307 g/mol. The van der Waals surface area contributed by atoms with E-state index in [2.05, 4.69) is 22.5 Å². The standard InChI is InChI=1S/C16H25N3O3/c1-13(19-7-9-22-10-8-19)11-17-16(21)18-15(12-20)14-5-3-2-4-6-14/h2-6,13,15,20H,7-12H2,1H3,(H2,17,18,21). The highest BCUT2D eigenvalue weighted by Gasteiger charge is 2.18. The highest BCUT2D eigenvalue weighted by molar-refractivity contribution is 5.74. The van der Waals surface area contributed by atoms with Crippen molar-refractivity contribution >= 4 is 6.03 Å². The van der Waals surface area contributed by atoms with Gasteiger partial charge in [0.05, 0.1) is 25.9 Å². The lowest BCUT2D eigenvalue weighted by molar-refractivity contribution is 0.0208. The Morgan fingerprint density at radius 2 is 2.00 bits per heavy atom. The third-order valence-electron chi connectivity index (χ3n) is 3.92. The number of amides is 2. The molecule has 2 unspecified atom stereocenters. The van der Waals surface area contributed by atoms with E-state index >= 15 is 0 Å². The number of urea groups is 1. The van der Waals surface area contributed by atoms with E-state index in [1.54, 1.807) is 0 Å². The average Bonchev–Trinajstić information content (AvgIpc) is 2.59. The summed E-state index contributed by atoms with van der Waals surface area (Å²) in [6.07, 6.45) is 0. The molecule has 0 saturated carbocycles. The number of nitrogens with one attached hydrogen (secondary N) is 2. The summed E-state index contributed by atoms with van der Waals surface area (Å²) in [7, 11) is 0. The maximum Gasteiger partial charge on any atom is 0.315 e. The lowest BCUT2D eigenvalue weighted by Crippen LogP contribution is -2.49. The number of nitrogens with zero attached hydrogens (tertiary/aromatic N) is 1. The van der Waals surface area contributed by atoms with Crippen LogP contribution in [0.5, 0.6) is 0 Å². The van der Waals surface area contributed by atoms with Gasteiger partial charge in [-0.05, 0) is 12.5 Å². The second kappa shape index (κ2) is 8.73. The van der Waals surface area contributed by atoms with Crippen LogP contribution >= 0.6 is 0 Å². The minimum absolute atomic E-state index is 0.129. The molecular weight excluding hydrogens is 282 g/mol. The molecular formula is C16H25N3O3. The molecule has 1 aliphatic heterocycles. The zero-order chi connectivity index (χ0) is 15.8. The molecule has 122 valence electrons. The second-order valence-corrected chi connectivity index (χ2v) is 5.50. The van der Waals surface area contributed by atoms with Crippen LogP contribution in [-0.2, 0) is 4.74 Å². The van der Waals surface area contributed by atoms with Gasteiger partial charge in [-0.1, -0.05) is 30.3 Å². The Bertz CT molecular complexity index is 449. The highest BCUT2D eigenvalue weighted by Crippen LogP contribution is 2.11. The highest BCUT2D eigenvalue weighted by atomic mass is 16.5. The Labute approximate surface area is 131 Å². The zero-order valence-electron chi connectivity index (χ0n) is 13.0. The van der Waals surface area contributed by atoms with E-state index in [1.807, 2.05) is 30.3 Å². The molecule has 0 spiro atoms. The van der Waals surface area contributed by atoms with Crippen LogP contribution in [0.15, 0.2) is 30.3 Å². The second-order valence-electron chi connectivity index (χ2n) is 5.50. The molecule has 0 radical (unpaired) electrons. The van der Waals surface area contributed by atoms with Crippen LogP contribution in [-0.4, -0.2) is 61.5 Å². The third-order valence-corrected chi connectivity index (χ3v) is 3.92. The maximum absolute atomic E-state index is 12.0. The summed E-state index contributed by atoms with van der Waals surface area (Å²) in [5.41, 5.74) is 0.890. The molecule has 1 heterocycles. The Hall–Kier alpha value is -1.63. The summed E-state index contributed by atoms with van der Waals surface area (Å²) in [6.45, 7) is 5.82. The summed E-state index contributed by atoms with van der Waals surface area (Å²) in [5, 5.41) is 15.1. The van der Waals surface area contributed by atoms with E-state index in [9.17, 15) is 9.90 Å². The first kappa shape index (κ1) is 16.7. The molecule has 2 rings (SSSR count). The first-order chi connectivity index (χ1) is 10.7. The van der Waals surface area contributed by atoms with Gasteiger partial charge in [-0.15, -0.1) is 0 Å². The van der Waals surface area contributed by atoms with Crippen molar-refractivity contribution in [3.63, 3.8) is 0 Å². The van der Waals surface area contributed by atoms with Crippen molar-refractivity contribution in [2.45, 2.75) is 19.0 Å². The molecule has 6 nitrogen and oxygen atoms in total. The Morgan fingerprint density at radius 1 is 1.32 bits per heavy atom. The number of ether oxygens (including phenoxy) is 1. The van der Waals surface area contributed by atoms with E-state index < -0.39 is 0 Å². The number of aliphatic hydroxyl groups excluding tert-OH is 1. The van der Waals surface area contributed by atoms with E-state index in [1.165, 1.54) is 0 Å². The number of morpholine rings is 1. The lowest BCUT2D eigenvalue weighted by Gasteiger charge is -2.32. The third kappa shape index (κ3) is 4.98. The topological polar surface area (TPSA) is 73.8 Å². The molecule has 1 saturated heterocycles. The number of carbonyl (C=O) groups is 1. The van der Waals surface area contributed by atoms with Gasteiger partial charge in [-0.2, -0.15) is 0 Å². The van der Waals surface area contributed by atoms with Crippen molar-refractivity contribution in [3.8, 4) is 0 Å². The van der Waals surface area contributed by atoms with Gasteiger partial charge in [-0.25, -0.2) is 4.79 Å². The summed E-state index contributed by atoms with van der Waals surface area (Å²) in [5.74, 6) is 0. The van der Waals surface area contributed by atoms with Crippen LogP contribution in [0.1, 0.15) is 18.5 Å². The van der Waals surface area contributed by atoms with Gasteiger partial charge in [0, 0.05) is 25.7 Å². The predicted molar refractivity (Wildman–Crippen MR) is 84.7 cm³/mol. The molecule has 3 N–H and O–H groups in total. The van der Waals surface area contributed by atoms with Crippen molar-refractivity contribution in [1.82, 2.24) is 15.5 Å². The van der Waals surface area contributed by atoms with E-state index in [4.69, 9.17) is 4.74 Å². The van der Waals surface area contributed by atoms with E-state index in [0.29, 0.717) is 6.54 Å². The SMILES string of the molecule is CC(CNC(=O)NC(CO)c1ccccc1)N1CCOCC1. The Morgan fingerprint density at radius 3 is 2.64 bits per heavy atom. The van der Waals surface area contributed by atoms with Crippen LogP contribution < -0.4 is 10.6 Å². The van der Waals surface area contributed by atoms with E-state index in [0.717, 1.165) is 31.9 Å². The molecule has 1 aromatic rings. The maximum atomic E-state index is 12.0. The predicted octanol–water partition coefficient (Wildman–Crippen LogP) is 0.740. The van der Waals surface area contributed by atoms with Crippen LogP contribution in [0.3, 0.4) is 0 Å². The average molecular weight is 307 g/mol. The minimum atomic E-state index is -0.389. The van der Waals surface area contributed by atoms with Gasteiger partial charge in [0.25, 0.3) is 0 Å². The van der Waals surface area contributed by atoms with Crippen molar-refractivity contribution in [3.05, 3.63) is 35.9 Å². The fraction of sp³-hybridized carbons (Fsp3) is 0.562. The van der Waals surface area contributed by atoms with Crippen molar-refractivity contribution in [2.24, 2.45) is 0 Å². The number of hydrogen-bond acceptors (Lipinski definition) is 4. The first-order valence-corrected chi connectivity index (χ1v) is 7.72. The molecule has 0 bridgehead atoms. The molecule has 2 atom stereocenters. The van der Waals surface area contributed by atoms with Crippen LogP contribution in [0.2, 0.25) is 0 Å².